The second-order valence-electron chi connectivity index (χ2n) is 7.13. The van der Waals surface area contributed by atoms with Crippen molar-refractivity contribution in [1.82, 2.24) is 15.2 Å². The zero-order valence-electron chi connectivity index (χ0n) is 14.4. The van der Waals surface area contributed by atoms with Crippen LogP contribution in [0, 0.1) is 0 Å². The van der Waals surface area contributed by atoms with Gasteiger partial charge in [0, 0.05) is 24.9 Å². The minimum atomic E-state index is 0.400. The first-order valence-electron chi connectivity index (χ1n) is 9.28. The molecule has 25 heavy (non-hydrogen) atoms. The fourth-order valence-electron chi connectivity index (χ4n) is 3.64. The molecule has 2 aromatic heterocycles. The lowest BCUT2D eigenvalue weighted by molar-refractivity contribution is 0.376. The van der Waals surface area contributed by atoms with Gasteiger partial charge in [0.15, 0.2) is 5.13 Å². The predicted octanol–water partition coefficient (Wildman–Crippen LogP) is 4.50. The standard InChI is InChI=1S/C19H22N4OS/c1-2-12-4-3-5-15-16(12)20-19(25-15)23-10-8-14(9-11-23)18-22-21-17(24-18)13-6-7-13/h3-5,13-14H,2,6-11H2,1H3. The zero-order valence-corrected chi connectivity index (χ0v) is 15.3. The van der Waals surface area contributed by atoms with E-state index < -0.39 is 0 Å². The SMILES string of the molecule is CCc1cccc2sc(N3CCC(c4nnc(C5CC5)o4)CC3)nc12. The van der Waals surface area contributed by atoms with Crippen molar-refractivity contribution in [3.05, 3.63) is 35.5 Å². The Kier molecular flexibility index (Phi) is 3.73. The number of hydrogen-bond acceptors (Lipinski definition) is 6. The van der Waals surface area contributed by atoms with E-state index in [0.29, 0.717) is 11.8 Å². The molecule has 1 aromatic carbocycles. The van der Waals surface area contributed by atoms with Gasteiger partial charge >= 0.3 is 0 Å². The van der Waals surface area contributed by atoms with Gasteiger partial charge in [0.25, 0.3) is 0 Å². The number of para-hydroxylation sites is 1. The van der Waals surface area contributed by atoms with E-state index in [2.05, 4.69) is 40.2 Å². The molecule has 3 heterocycles. The van der Waals surface area contributed by atoms with Gasteiger partial charge in [0.1, 0.15) is 0 Å². The van der Waals surface area contributed by atoms with Crippen LogP contribution in [-0.2, 0) is 6.42 Å². The number of rotatable bonds is 4. The van der Waals surface area contributed by atoms with Crippen LogP contribution in [0.15, 0.2) is 22.6 Å². The summed E-state index contributed by atoms with van der Waals surface area (Å²) in [7, 11) is 0. The van der Waals surface area contributed by atoms with Gasteiger partial charge in [-0.05, 0) is 43.7 Å². The summed E-state index contributed by atoms with van der Waals surface area (Å²) < 4.78 is 7.21. The van der Waals surface area contributed by atoms with Crippen LogP contribution in [0.2, 0.25) is 0 Å². The molecule has 0 unspecified atom stereocenters. The number of aryl methyl sites for hydroxylation is 1. The van der Waals surface area contributed by atoms with Crippen LogP contribution >= 0.6 is 11.3 Å². The molecule has 0 amide bonds. The Labute approximate surface area is 151 Å². The first kappa shape index (κ1) is 15.3. The van der Waals surface area contributed by atoms with Crippen molar-refractivity contribution in [2.75, 3.05) is 18.0 Å². The predicted molar refractivity (Wildman–Crippen MR) is 99.5 cm³/mol. The number of hydrogen-bond donors (Lipinski definition) is 0. The molecule has 1 aliphatic heterocycles. The van der Waals surface area contributed by atoms with Crippen LogP contribution in [0.25, 0.3) is 10.2 Å². The average Bonchev–Trinajstić information content (AvgIpc) is 3.22. The lowest BCUT2D eigenvalue weighted by atomic mass is 9.97. The number of nitrogens with zero attached hydrogens (tertiary/aromatic N) is 4. The third-order valence-electron chi connectivity index (χ3n) is 5.37. The maximum absolute atomic E-state index is 5.91. The van der Waals surface area contributed by atoms with Gasteiger partial charge < -0.3 is 9.32 Å². The third kappa shape index (κ3) is 2.82. The Morgan fingerprint density at radius 2 is 1.80 bits per heavy atom. The highest BCUT2D eigenvalue weighted by Gasteiger charge is 2.32. The van der Waals surface area contributed by atoms with E-state index in [9.17, 15) is 0 Å². The molecule has 5 rings (SSSR count). The summed E-state index contributed by atoms with van der Waals surface area (Å²) in [6, 6.07) is 6.51. The molecule has 6 heteroatoms. The molecule has 1 saturated carbocycles. The highest BCUT2D eigenvalue weighted by molar-refractivity contribution is 7.22. The van der Waals surface area contributed by atoms with Crippen LogP contribution in [-0.4, -0.2) is 28.3 Å². The fourth-order valence-corrected chi connectivity index (χ4v) is 4.70. The van der Waals surface area contributed by atoms with E-state index >= 15 is 0 Å². The normalized spacial score (nSPS) is 19.0. The monoisotopic (exact) mass is 354 g/mol. The Morgan fingerprint density at radius 3 is 2.48 bits per heavy atom. The topological polar surface area (TPSA) is 55.1 Å². The minimum Gasteiger partial charge on any atom is -0.425 e. The van der Waals surface area contributed by atoms with Gasteiger partial charge in [-0.15, -0.1) is 10.2 Å². The summed E-state index contributed by atoms with van der Waals surface area (Å²) in [6.45, 7) is 4.21. The third-order valence-corrected chi connectivity index (χ3v) is 6.45. The fraction of sp³-hybridized carbons (Fsp3) is 0.526. The van der Waals surface area contributed by atoms with Crippen molar-refractivity contribution in [3.8, 4) is 0 Å². The maximum atomic E-state index is 5.91. The molecule has 2 aliphatic rings. The molecule has 0 bridgehead atoms. The van der Waals surface area contributed by atoms with E-state index in [4.69, 9.17) is 9.40 Å². The lowest BCUT2D eigenvalue weighted by Crippen LogP contribution is -2.32. The quantitative estimate of drug-likeness (QED) is 0.690. The van der Waals surface area contributed by atoms with Crippen LogP contribution in [0.5, 0.6) is 0 Å². The van der Waals surface area contributed by atoms with E-state index in [1.54, 1.807) is 0 Å². The summed E-state index contributed by atoms with van der Waals surface area (Å²) in [6.07, 6.45) is 5.56. The highest BCUT2D eigenvalue weighted by atomic mass is 32.1. The van der Waals surface area contributed by atoms with Gasteiger partial charge in [0.2, 0.25) is 11.8 Å². The van der Waals surface area contributed by atoms with Gasteiger partial charge in [-0.1, -0.05) is 30.4 Å². The number of benzene rings is 1. The molecular weight excluding hydrogens is 332 g/mol. The van der Waals surface area contributed by atoms with E-state index in [-0.39, 0.29) is 0 Å². The smallest absolute Gasteiger partial charge is 0.219 e. The molecule has 0 N–H and O–H groups in total. The van der Waals surface area contributed by atoms with Crippen molar-refractivity contribution in [2.45, 2.75) is 50.9 Å². The van der Waals surface area contributed by atoms with Crippen LogP contribution in [0.1, 0.15) is 61.8 Å². The Balaban J connectivity index is 1.31. The molecule has 0 spiro atoms. The molecule has 1 aliphatic carbocycles. The zero-order chi connectivity index (χ0) is 16.8. The van der Waals surface area contributed by atoms with E-state index in [1.807, 2.05) is 11.3 Å². The van der Waals surface area contributed by atoms with E-state index in [0.717, 1.165) is 49.3 Å². The van der Waals surface area contributed by atoms with Gasteiger partial charge in [-0.2, -0.15) is 0 Å². The van der Waals surface area contributed by atoms with Crippen LogP contribution < -0.4 is 4.90 Å². The first-order chi connectivity index (χ1) is 12.3. The molecule has 5 nitrogen and oxygen atoms in total. The number of anilines is 1. The summed E-state index contributed by atoms with van der Waals surface area (Å²) in [4.78, 5) is 7.35. The summed E-state index contributed by atoms with van der Waals surface area (Å²) in [5.41, 5.74) is 2.52. The maximum Gasteiger partial charge on any atom is 0.219 e. The van der Waals surface area contributed by atoms with Crippen molar-refractivity contribution in [3.63, 3.8) is 0 Å². The van der Waals surface area contributed by atoms with Crippen molar-refractivity contribution in [1.29, 1.82) is 0 Å². The van der Waals surface area contributed by atoms with Crippen molar-refractivity contribution >= 4 is 26.7 Å². The average molecular weight is 354 g/mol. The second-order valence-corrected chi connectivity index (χ2v) is 8.14. The van der Waals surface area contributed by atoms with Crippen molar-refractivity contribution in [2.24, 2.45) is 0 Å². The highest BCUT2D eigenvalue weighted by Crippen LogP contribution is 2.40. The summed E-state index contributed by atoms with van der Waals surface area (Å²) in [5, 5.41) is 9.70. The molecule has 1 saturated heterocycles. The van der Waals surface area contributed by atoms with E-state index in [1.165, 1.54) is 28.6 Å². The minimum absolute atomic E-state index is 0.400. The summed E-state index contributed by atoms with van der Waals surface area (Å²) in [5.74, 6) is 2.64. The Morgan fingerprint density at radius 1 is 1.08 bits per heavy atom. The molecular formula is C19H22N4OS. The van der Waals surface area contributed by atoms with Gasteiger partial charge in [-0.25, -0.2) is 4.98 Å². The largest absolute Gasteiger partial charge is 0.425 e. The number of thiazole rings is 1. The lowest BCUT2D eigenvalue weighted by Gasteiger charge is -2.30. The van der Waals surface area contributed by atoms with Crippen LogP contribution in [0.4, 0.5) is 5.13 Å². The van der Waals surface area contributed by atoms with Crippen LogP contribution in [0.3, 0.4) is 0 Å². The molecule has 130 valence electrons. The molecule has 2 fully saturated rings. The van der Waals surface area contributed by atoms with Crippen molar-refractivity contribution < 1.29 is 4.42 Å². The second kappa shape index (κ2) is 6.09. The first-order valence-corrected chi connectivity index (χ1v) is 10.1. The Hall–Kier alpha value is -1.95. The number of piperidine rings is 1. The molecule has 3 aromatic rings. The van der Waals surface area contributed by atoms with Gasteiger partial charge in [-0.3, -0.25) is 0 Å². The number of fused-ring (bicyclic) bond motifs is 1. The molecule has 0 radical (unpaired) electrons. The van der Waals surface area contributed by atoms with Gasteiger partial charge in [0.05, 0.1) is 10.2 Å². The number of aromatic nitrogens is 3. The Bertz CT molecular complexity index is 890. The summed E-state index contributed by atoms with van der Waals surface area (Å²) >= 11 is 1.81. The molecule has 0 atom stereocenters.